The van der Waals surface area contributed by atoms with Crippen molar-refractivity contribution in [1.29, 1.82) is 0 Å². The minimum atomic E-state index is -1.80. The van der Waals surface area contributed by atoms with Gasteiger partial charge in [0.05, 0.1) is 56.3 Å². The highest BCUT2D eigenvalue weighted by Crippen LogP contribution is 2.33. The molecule has 194 valence electrons. The highest BCUT2D eigenvalue weighted by atomic mass is 16.7. The van der Waals surface area contributed by atoms with Crippen molar-refractivity contribution < 1.29 is 65.3 Å². The van der Waals surface area contributed by atoms with E-state index in [2.05, 4.69) is 5.32 Å². The van der Waals surface area contributed by atoms with Crippen LogP contribution >= 0.6 is 0 Å². The largest absolute Gasteiger partial charge is 0.396 e. The molecule has 14 nitrogen and oxygen atoms in total. The molecule has 15 atom stereocenters. The molecular formula is C19H35NO13. The summed E-state index contributed by atoms with van der Waals surface area (Å²) < 4.78 is 16.1. The van der Waals surface area contributed by atoms with E-state index in [9.17, 15) is 51.1 Å². The van der Waals surface area contributed by atoms with E-state index in [0.29, 0.717) is 0 Å². The molecule has 1 aliphatic carbocycles. The van der Waals surface area contributed by atoms with Crippen LogP contribution in [0, 0.1) is 5.92 Å². The lowest BCUT2D eigenvalue weighted by atomic mass is 9.76. The van der Waals surface area contributed by atoms with Crippen LogP contribution < -0.4 is 5.32 Å². The van der Waals surface area contributed by atoms with Gasteiger partial charge in [0, 0.05) is 5.92 Å². The quantitative estimate of drug-likeness (QED) is 0.168. The highest BCUT2D eigenvalue weighted by Gasteiger charge is 2.54. The van der Waals surface area contributed by atoms with Crippen LogP contribution in [-0.2, 0) is 14.2 Å². The summed E-state index contributed by atoms with van der Waals surface area (Å²) in [5.41, 5.74) is 0. The maximum atomic E-state index is 10.9. The van der Waals surface area contributed by atoms with E-state index < -0.39 is 105 Å². The van der Waals surface area contributed by atoms with E-state index in [1.54, 1.807) is 6.92 Å². The molecule has 0 bridgehead atoms. The molecule has 1 saturated carbocycles. The van der Waals surface area contributed by atoms with E-state index in [4.69, 9.17) is 14.2 Å². The second-order valence-corrected chi connectivity index (χ2v) is 8.93. The van der Waals surface area contributed by atoms with Crippen LogP contribution in [-0.4, -0.2) is 156 Å². The molecule has 0 aromatic rings. The SMILES string of the molecule is CC1OCC(O)C(O)C1NC1C(O)C(O)C(OC2OC(CO)C(O)C(O)C2O)C(CO)C1O. The van der Waals surface area contributed by atoms with Crippen LogP contribution in [0.1, 0.15) is 6.92 Å². The van der Waals surface area contributed by atoms with E-state index >= 15 is 0 Å². The summed E-state index contributed by atoms with van der Waals surface area (Å²) in [4.78, 5) is 0. The van der Waals surface area contributed by atoms with Crippen LogP contribution in [0.25, 0.3) is 0 Å². The number of aliphatic hydroxyl groups is 10. The molecule has 0 aromatic carbocycles. The van der Waals surface area contributed by atoms with Gasteiger partial charge in [-0.1, -0.05) is 0 Å². The second-order valence-electron chi connectivity index (χ2n) is 8.93. The Kier molecular flexibility index (Phi) is 9.02. The first-order chi connectivity index (χ1) is 15.5. The summed E-state index contributed by atoms with van der Waals surface area (Å²) in [5, 5.41) is 104. The third-order valence-electron chi connectivity index (χ3n) is 6.82. The van der Waals surface area contributed by atoms with E-state index in [0.717, 1.165) is 0 Å². The molecule has 0 spiro atoms. The number of hydrogen-bond acceptors (Lipinski definition) is 14. The van der Waals surface area contributed by atoms with Gasteiger partial charge < -0.3 is 70.6 Å². The molecule has 3 rings (SSSR count). The van der Waals surface area contributed by atoms with Gasteiger partial charge in [0.2, 0.25) is 0 Å². The average molecular weight is 485 g/mol. The maximum absolute atomic E-state index is 10.9. The molecular weight excluding hydrogens is 450 g/mol. The molecule has 2 saturated heterocycles. The lowest BCUT2D eigenvalue weighted by molar-refractivity contribution is -0.333. The topological polar surface area (TPSA) is 242 Å². The van der Waals surface area contributed by atoms with Gasteiger partial charge in [0.15, 0.2) is 6.29 Å². The van der Waals surface area contributed by atoms with Crippen LogP contribution in [0.5, 0.6) is 0 Å². The van der Waals surface area contributed by atoms with Crippen molar-refractivity contribution in [2.24, 2.45) is 5.92 Å². The number of aliphatic hydroxyl groups excluding tert-OH is 10. The zero-order valence-corrected chi connectivity index (χ0v) is 18.0. The molecule has 0 amide bonds. The Morgan fingerprint density at radius 3 is 2.03 bits per heavy atom. The van der Waals surface area contributed by atoms with Crippen LogP contribution in [0.15, 0.2) is 0 Å². The van der Waals surface area contributed by atoms with Gasteiger partial charge in [-0.3, -0.25) is 0 Å². The summed E-state index contributed by atoms with van der Waals surface area (Å²) in [6.07, 6.45) is -17.7. The fourth-order valence-corrected chi connectivity index (χ4v) is 4.67. The molecule has 3 aliphatic rings. The molecule has 2 heterocycles. The predicted octanol–water partition coefficient (Wildman–Crippen LogP) is -6.66. The van der Waals surface area contributed by atoms with Crippen molar-refractivity contribution in [2.75, 3.05) is 19.8 Å². The number of rotatable bonds is 6. The first kappa shape index (κ1) is 27.0. The van der Waals surface area contributed by atoms with E-state index in [-0.39, 0.29) is 6.61 Å². The van der Waals surface area contributed by atoms with Crippen molar-refractivity contribution in [3.05, 3.63) is 0 Å². The van der Waals surface area contributed by atoms with Gasteiger partial charge in [0.1, 0.15) is 42.7 Å². The smallest absolute Gasteiger partial charge is 0.187 e. The first-order valence-corrected chi connectivity index (χ1v) is 10.9. The zero-order valence-electron chi connectivity index (χ0n) is 18.0. The maximum Gasteiger partial charge on any atom is 0.187 e. The van der Waals surface area contributed by atoms with Crippen molar-refractivity contribution in [3.8, 4) is 0 Å². The van der Waals surface area contributed by atoms with Crippen LogP contribution in [0.3, 0.4) is 0 Å². The normalized spacial score (nSPS) is 53.7. The Morgan fingerprint density at radius 1 is 0.758 bits per heavy atom. The third-order valence-corrected chi connectivity index (χ3v) is 6.82. The Morgan fingerprint density at radius 2 is 1.42 bits per heavy atom. The van der Waals surface area contributed by atoms with Crippen LogP contribution in [0.2, 0.25) is 0 Å². The van der Waals surface area contributed by atoms with E-state index in [1.165, 1.54) is 0 Å². The summed E-state index contributed by atoms with van der Waals surface area (Å²) in [5.74, 6) is -1.23. The molecule has 2 aliphatic heterocycles. The second kappa shape index (κ2) is 11.0. The molecule has 0 radical (unpaired) electrons. The van der Waals surface area contributed by atoms with Gasteiger partial charge in [-0.25, -0.2) is 0 Å². The summed E-state index contributed by atoms with van der Waals surface area (Å²) in [6, 6.07) is -2.19. The minimum absolute atomic E-state index is 0.104. The monoisotopic (exact) mass is 485 g/mol. The predicted molar refractivity (Wildman–Crippen MR) is 105 cm³/mol. The van der Waals surface area contributed by atoms with Gasteiger partial charge in [-0.15, -0.1) is 0 Å². The number of nitrogens with one attached hydrogen (secondary N) is 1. The summed E-state index contributed by atoms with van der Waals surface area (Å²) in [6.45, 7) is 0.0637. The van der Waals surface area contributed by atoms with Gasteiger partial charge >= 0.3 is 0 Å². The standard InChI is InChI=1S/C19H35NO13/c1-5-9(12(25)7(23)4-31-5)20-10-11(24)6(2-21)18(16(29)14(10)27)33-19-17(30)15(28)13(26)8(3-22)32-19/h5-30H,2-4H2,1H3. The zero-order chi connectivity index (χ0) is 24.6. The minimum Gasteiger partial charge on any atom is -0.396 e. The van der Waals surface area contributed by atoms with Crippen molar-refractivity contribution in [3.63, 3.8) is 0 Å². The fourth-order valence-electron chi connectivity index (χ4n) is 4.67. The summed E-state index contributed by atoms with van der Waals surface area (Å²) in [7, 11) is 0. The molecule has 15 unspecified atom stereocenters. The van der Waals surface area contributed by atoms with Gasteiger partial charge in [-0.05, 0) is 6.92 Å². The first-order valence-electron chi connectivity index (χ1n) is 10.9. The van der Waals surface area contributed by atoms with Gasteiger partial charge in [-0.2, -0.15) is 0 Å². The Balaban J connectivity index is 1.76. The van der Waals surface area contributed by atoms with E-state index in [1.807, 2.05) is 0 Å². The average Bonchev–Trinajstić information content (AvgIpc) is 2.79. The number of ether oxygens (including phenoxy) is 3. The molecule has 33 heavy (non-hydrogen) atoms. The Bertz CT molecular complexity index is 628. The van der Waals surface area contributed by atoms with Crippen molar-refractivity contribution in [2.45, 2.75) is 92.4 Å². The molecule has 3 fully saturated rings. The Labute approximate surface area is 189 Å². The Hall–Kier alpha value is -0.560. The van der Waals surface area contributed by atoms with Crippen LogP contribution in [0.4, 0.5) is 0 Å². The molecule has 11 N–H and O–H groups in total. The lowest BCUT2D eigenvalue weighted by Gasteiger charge is -2.50. The number of hydrogen-bond donors (Lipinski definition) is 11. The molecule has 0 aromatic heterocycles. The lowest BCUT2D eigenvalue weighted by Crippen LogP contribution is -2.72. The fraction of sp³-hybridized carbons (Fsp3) is 1.00. The summed E-state index contributed by atoms with van der Waals surface area (Å²) >= 11 is 0. The van der Waals surface area contributed by atoms with Gasteiger partial charge in [0.25, 0.3) is 0 Å². The van der Waals surface area contributed by atoms with Crippen molar-refractivity contribution >= 4 is 0 Å². The molecule has 14 heteroatoms. The highest BCUT2D eigenvalue weighted by molar-refractivity contribution is 5.05. The third kappa shape index (κ3) is 5.19. The van der Waals surface area contributed by atoms with Crippen molar-refractivity contribution in [1.82, 2.24) is 5.32 Å².